The standard InChI is InChI=1S/C7H13NO7S2/c1-5(4-9)3-8-6(10)7(16(2,11)12)17(13,14)15/h4-5,7H,3H2,1-2H3,(H,8,10)(H,13,14,15). The van der Waals surface area contributed by atoms with Crippen LogP contribution in [0.1, 0.15) is 6.92 Å². The maximum absolute atomic E-state index is 11.3. The van der Waals surface area contributed by atoms with Gasteiger partial charge in [-0.05, 0) is 0 Å². The molecule has 0 bridgehead atoms. The quantitative estimate of drug-likeness (QED) is 0.434. The normalized spacial score (nSPS) is 15.9. The van der Waals surface area contributed by atoms with Gasteiger partial charge in [-0.3, -0.25) is 9.35 Å². The van der Waals surface area contributed by atoms with Crippen molar-refractivity contribution in [2.45, 2.75) is 11.5 Å². The van der Waals surface area contributed by atoms with Crippen LogP contribution in [-0.2, 0) is 29.5 Å². The van der Waals surface area contributed by atoms with E-state index in [4.69, 9.17) is 4.55 Å². The van der Waals surface area contributed by atoms with Crippen LogP contribution in [0, 0.1) is 5.92 Å². The van der Waals surface area contributed by atoms with Gasteiger partial charge in [0.1, 0.15) is 6.29 Å². The number of rotatable bonds is 6. The van der Waals surface area contributed by atoms with Crippen molar-refractivity contribution in [3.63, 3.8) is 0 Å². The second kappa shape index (κ2) is 5.56. The lowest BCUT2D eigenvalue weighted by molar-refractivity contribution is -0.119. The topological polar surface area (TPSA) is 135 Å². The van der Waals surface area contributed by atoms with E-state index in [1.165, 1.54) is 6.92 Å². The van der Waals surface area contributed by atoms with Gasteiger partial charge >= 0.3 is 0 Å². The average Bonchev–Trinajstić information content (AvgIpc) is 2.09. The second-order valence-electron chi connectivity index (χ2n) is 3.53. The summed E-state index contributed by atoms with van der Waals surface area (Å²) < 4.78 is 49.8. The van der Waals surface area contributed by atoms with Crippen LogP contribution >= 0.6 is 0 Å². The highest BCUT2D eigenvalue weighted by molar-refractivity contribution is 8.07. The molecule has 0 aliphatic rings. The van der Waals surface area contributed by atoms with Gasteiger partial charge in [0.15, 0.2) is 9.84 Å². The lowest BCUT2D eigenvalue weighted by Crippen LogP contribution is -2.45. The van der Waals surface area contributed by atoms with Crippen LogP contribution in [0.5, 0.6) is 0 Å². The van der Waals surface area contributed by atoms with Crippen molar-refractivity contribution in [1.82, 2.24) is 5.32 Å². The Hall–Kier alpha value is -1.00. The molecule has 0 fully saturated rings. The van der Waals surface area contributed by atoms with Crippen LogP contribution in [0.4, 0.5) is 0 Å². The van der Waals surface area contributed by atoms with E-state index < -0.39 is 36.4 Å². The first-order valence-corrected chi connectivity index (χ1v) is 7.84. The number of hydrogen-bond donors (Lipinski definition) is 2. The van der Waals surface area contributed by atoms with Gasteiger partial charge in [0, 0.05) is 18.7 Å². The summed E-state index contributed by atoms with van der Waals surface area (Å²) in [5, 5.41) is 1.96. The van der Waals surface area contributed by atoms with Crippen LogP contribution in [0.25, 0.3) is 0 Å². The van der Waals surface area contributed by atoms with Crippen molar-refractivity contribution < 1.29 is 31.0 Å². The average molecular weight is 287 g/mol. The lowest BCUT2D eigenvalue weighted by Gasteiger charge is -2.13. The Morgan fingerprint density at radius 3 is 2.12 bits per heavy atom. The Labute approximate surface area is 99.1 Å². The molecule has 0 saturated carbocycles. The summed E-state index contributed by atoms with van der Waals surface area (Å²) in [5.41, 5.74) is 0. The summed E-state index contributed by atoms with van der Waals surface area (Å²) >= 11 is 0. The fraction of sp³-hybridized carbons (Fsp3) is 0.714. The zero-order valence-corrected chi connectivity index (χ0v) is 10.8. The van der Waals surface area contributed by atoms with Crippen LogP contribution < -0.4 is 5.32 Å². The molecule has 0 aliphatic carbocycles. The van der Waals surface area contributed by atoms with Crippen LogP contribution in [0.3, 0.4) is 0 Å². The minimum Gasteiger partial charge on any atom is -0.353 e. The fourth-order valence-corrected chi connectivity index (χ4v) is 3.54. The minimum absolute atomic E-state index is 0.218. The molecule has 0 heterocycles. The molecule has 0 aromatic rings. The molecule has 0 rings (SSSR count). The number of sulfone groups is 1. The Morgan fingerprint density at radius 2 is 1.82 bits per heavy atom. The molecule has 2 unspecified atom stereocenters. The third-order valence-electron chi connectivity index (χ3n) is 1.70. The summed E-state index contributed by atoms with van der Waals surface area (Å²) in [5.74, 6) is -1.98. The third kappa shape index (κ3) is 5.24. The SMILES string of the molecule is CC(C=O)CNC(=O)C(S(C)(=O)=O)S(=O)(=O)O. The number of aldehydes is 1. The van der Waals surface area contributed by atoms with E-state index in [9.17, 15) is 26.4 Å². The van der Waals surface area contributed by atoms with Crippen LogP contribution in [-0.4, -0.2) is 51.0 Å². The van der Waals surface area contributed by atoms with Crippen molar-refractivity contribution >= 4 is 32.1 Å². The fourth-order valence-electron chi connectivity index (χ4n) is 0.944. The van der Waals surface area contributed by atoms with Crippen molar-refractivity contribution in [3.05, 3.63) is 0 Å². The van der Waals surface area contributed by atoms with Gasteiger partial charge in [0.25, 0.3) is 20.6 Å². The molecule has 2 N–H and O–H groups in total. The zero-order chi connectivity index (χ0) is 13.9. The van der Waals surface area contributed by atoms with Gasteiger partial charge < -0.3 is 10.1 Å². The van der Waals surface area contributed by atoms with Crippen molar-refractivity contribution in [2.24, 2.45) is 5.92 Å². The molecule has 0 spiro atoms. The number of amides is 1. The van der Waals surface area contributed by atoms with Gasteiger partial charge in [-0.2, -0.15) is 8.42 Å². The van der Waals surface area contributed by atoms with Gasteiger partial charge in [-0.15, -0.1) is 0 Å². The number of hydrogen-bond acceptors (Lipinski definition) is 6. The van der Waals surface area contributed by atoms with Crippen molar-refractivity contribution in [3.8, 4) is 0 Å². The highest BCUT2D eigenvalue weighted by Gasteiger charge is 2.40. The summed E-state index contributed by atoms with van der Waals surface area (Å²) in [4.78, 5) is 21.6. The number of carbonyl (C=O) groups excluding carboxylic acids is 2. The summed E-state index contributed by atoms with van der Waals surface area (Å²) in [7, 11) is -9.38. The van der Waals surface area contributed by atoms with E-state index in [1.54, 1.807) is 0 Å². The first kappa shape index (κ1) is 16.0. The molecular formula is C7H13NO7S2. The van der Waals surface area contributed by atoms with E-state index in [0.717, 1.165) is 0 Å². The molecule has 2 atom stereocenters. The highest BCUT2D eigenvalue weighted by atomic mass is 32.3. The molecule has 1 amide bonds. The first-order valence-electron chi connectivity index (χ1n) is 4.38. The van der Waals surface area contributed by atoms with Crippen molar-refractivity contribution in [1.29, 1.82) is 0 Å². The molecule has 10 heteroatoms. The maximum Gasteiger partial charge on any atom is 0.291 e. The Kier molecular flexibility index (Phi) is 5.23. The van der Waals surface area contributed by atoms with Crippen LogP contribution in [0.15, 0.2) is 0 Å². The summed E-state index contributed by atoms with van der Waals surface area (Å²) in [6.45, 7) is 1.22. The Morgan fingerprint density at radius 1 is 1.35 bits per heavy atom. The number of carbonyl (C=O) groups is 2. The van der Waals surface area contributed by atoms with Gasteiger partial charge in [0.05, 0.1) is 0 Å². The lowest BCUT2D eigenvalue weighted by atomic mass is 10.2. The Balaban J connectivity index is 5.00. The number of nitrogens with one attached hydrogen (secondary N) is 1. The maximum atomic E-state index is 11.3. The second-order valence-corrected chi connectivity index (χ2v) is 7.47. The van der Waals surface area contributed by atoms with E-state index in [1.807, 2.05) is 5.32 Å². The predicted molar refractivity (Wildman–Crippen MR) is 58.4 cm³/mol. The summed E-state index contributed by atoms with van der Waals surface area (Å²) in [6, 6.07) is 0. The molecule has 100 valence electrons. The largest absolute Gasteiger partial charge is 0.353 e. The molecule has 17 heavy (non-hydrogen) atoms. The minimum atomic E-state index is -5.06. The van der Waals surface area contributed by atoms with Gasteiger partial charge in [0.2, 0.25) is 0 Å². The first-order chi connectivity index (χ1) is 7.50. The van der Waals surface area contributed by atoms with Gasteiger partial charge in [-0.1, -0.05) is 6.92 Å². The van der Waals surface area contributed by atoms with E-state index >= 15 is 0 Å². The van der Waals surface area contributed by atoms with E-state index in [-0.39, 0.29) is 6.54 Å². The molecular weight excluding hydrogens is 274 g/mol. The molecule has 0 radical (unpaired) electrons. The zero-order valence-electron chi connectivity index (χ0n) is 9.15. The molecule has 8 nitrogen and oxygen atoms in total. The Bertz CT molecular complexity index is 460. The highest BCUT2D eigenvalue weighted by Crippen LogP contribution is 2.07. The molecule has 0 aliphatic heterocycles. The predicted octanol–water partition coefficient (Wildman–Crippen LogP) is -1.80. The van der Waals surface area contributed by atoms with E-state index in [2.05, 4.69) is 0 Å². The molecule has 0 aromatic carbocycles. The molecule has 0 saturated heterocycles. The summed E-state index contributed by atoms with van der Waals surface area (Å²) in [6.07, 6.45) is 1.01. The monoisotopic (exact) mass is 287 g/mol. The third-order valence-corrected chi connectivity index (χ3v) is 5.23. The van der Waals surface area contributed by atoms with Crippen LogP contribution in [0.2, 0.25) is 0 Å². The smallest absolute Gasteiger partial charge is 0.291 e. The van der Waals surface area contributed by atoms with Crippen molar-refractivity contribution in [2.75, 3.05) is 12.8 Å². The van der Waals surface area contributed by atoms with E-state index in [0.29, 0.717) is 12.5 Å². The van der Waals surface area contributed by atoms with Gasteiger partial charge in [-0.25, -0.2) is 8.42 Å². The molecule has 0 aromatic heterocycles.